The molecule has 0 aliphatic carbocycles. The maximum absolute atomic E-state index is 11.9. The van der Waals surface area contributed by atoms with Gasteiger partial charge in [0.2, 0.25) is 0 Å². The summed E-state index contributed by atoms with van der Waals surface area (Å²) in [5.41, 5.74) is 1.09. The molecule has 1 amide bonds. The number of nitrogens with one attached hydrogen (secondary N) is 1. The number of carbonyl (C=O) groups excluding carboxylic acids is 1. The zero-order valence-corrected chi connectivity index (χ0v) is 11.9. The SMILES string of the molecule is CC(O)C(C)(C)NC(=O)c1ccc(CBr)cc1. The Kier molecular flexibility index (Phi) is 4.71. The normalized spacial score (nSPS) is 13.2. The van der Waals surface area contributed by atoms with E-state index in [0.717, 1.165) is 10.9 Å². The van der Waals surface area contributed by atoms with Gasteiger partial charge in [0.25, 0.3) is 5.91 Å². The molecule has 94 valence electrons. The van der Waals surface area contributed by atoms with Crippen molar-refractivity contribution in [3.05, 3.63) is 35.4 Å². The second kappa shape index (κ2) is 5.65. The lowest BCUT2D eigenvalue weighted by molar-refractivity contribution is 0.0709. The Labute approximate surface area is 110 Å². The number of hydrogen-bond donors (Lipinski definition) is 2. The van der Waals surface area contributed by atoms with E-state index in [1.165, 1.54) is 0 Å². The van der Waals surface area contributed by atoms with Crippen LogP contribution in [0.3, 0.4) is 0 Å². The Balaban J connectivity index is 2.76. The summed E-state index contributed by atoms with van der Waals surface area (Å²) < 4.78 is 0. The molecule has 0 spiro atoms. The van der Waals surface area contributed by atoms with Crippen molar-refractivity contribution in [3.8, 4) is 0 Å². The monoisotopic (exact) mass is 299 g/mol. The summed E-state index contributed by atoms with van der Waals surface area (Å²) in [6, 6.07) is 7.37. The molecule has 0 aromatic heterocycles. The molecule has 1 unspecified atom stereocenters. The number of amides is 1. The Hall–Kier alpha value is -0.870. The van der Waals surface area contributed by atoms with Crippen molar-refractivity contribution in [2.45, 2.75) is 37.7 Å². The van der Waals surface area contributed by atoms with E-state index in [4.69, 9.17) is 0 Å². The summed E-state index contributed by atoms with van der Waals surface area (Å²) in [6.45, 7) is 5.25. The van der Waals surface area contributed by atoms with Gasteiger partial charge >= 0.3 is 0 Å². The van der Waals surface area contributed by atoms with Crippen molar-refractivity contribution < 1.29 is 9.90 Å². The van der Waals surface area contributed by atoms with E-state index in [9.17, 15) is 9.90 Å². The Morgan fingerprint density at radius 3 is 2.35 bits per heavy atom. The van der Waals surface area contributed by atoms with Crippen molar-refractivity contribution in [1.29, 1.82) is 0 Å². The first-order chi connectivity index (χ1) is 7.86. The summed E-state index contributed by atoms with van der Waals surface area (Å²) in [4.78, 5) is 11.9. The van der Waals surface area contributed by atoms with Gasteiger partial charge in [-0.05, 0) is 38.5 Å². The highest BCUT2D eigenvalue weighted by atomic mass is 79.9. The van der Waals surface area contributed by atoms with Crippen LogP contribution in [-0.4, -0.2) is 22.7 Å². The fourth-order valence-corrected chi connectivity index (χ4v) is 1.59. The number of rotatable bonds is 4. The highest BCUT2D eigenvalue weighted by Gasteiger charge is 2.26. The van der Waals surface area contributed by atoms with E-state index in [1.807, 2.05) is 12.1 Å². The highest BCUT2D eigenvalue weighted by molar-refractivity contribution is 9.08. The molecular formula is C13H18BrNO2. The third-order valence-electron chi connectivity index (χ3n) is 2.85. The number of alkyl halides is 1. The fourth-order valence-electron chi connectivity index (χ4n) is 1.21. The molecule has 0 aliphatic heterocycles. The molecule has 0 saturated carbocycles. The Morgan fingerprint density at radius 1 is 1.41 bits per heavy atom. The van der Waals surface area contributed by atoms with Crippen LogP contribution >= 0.6 is 15.9 Å². The second-order valence-corrected chi connectivity index (χ2v) is 5.24. The minimum absolute atomic E-state index is 0.169. The largest absolute Gasteiger partial charge is 0.391 e. The van der Waals surface area contributed by atoms with Crippen molar-refractivity contribution >= 4 is 21.8 Å². The van der Waals surface area contributed by atoms with Crippen LogP contribution in [0, 0.1) is 0 Å². The molecule has 1 atom stereocenters. The van der Waals surface area contributed by atoms with Gasteiger partial charge in [-0.1, -0.05) is 28.1 Å². The molecule has 1 rings (SSSR count). The molecule has 1 aromatic carbocycles. The summed E-state index contributed by atoms with van der Waals surface area (Å²) in [6.07, 6.45) is -0.603. The van der Waals surface area contributed by atoms with Crippen LogP contribution in [-0.2, 0) is 5.33 Å². The molecule has 0 aliphatic rings. The van der Waals surface area contributed by atoms with Crippen LogP contribution in [0.1, 0.15) is 36.7 Å². The van der Waals surface area contributed by atoms with Crippen molar-refractivity contribution in [2.75, 3.05) is 0 Å². The van der Waals surface area contributed by atoms with Crippen LogP contribution in [0.15, 0.2) is 24.3 Å². The second-order valence-electron chi connectivity index (χ2n) is 4.68. The molecular weight excluding hydrogens is 282 g/mol. The summed E-state index contributed by atoms with van der Waals surface area (Å²) in [5.74, 6) is -0.169. The van der Waals surface area contributed by atoms with Crippen LogP contribution in [0.5, 0.6) is 0 Å². The molecule has 3 nitrogen and oxygen atoms in total. The van der Waals surface area contributed by atoms with E-state index in [-0.39, 0.29) is 5.91 Å². The smallest absolute Gasteiger partial charge is 0.251 e. The number of benzene rings is 1. The maximum Gasteiger partial charge on any atom is 0.251 e. The number of aliphatic hydroxyl groups is 1. The van der Waals surface area contributed by atoms with Crippen LogP contribution in [0.4, 0.5) is 0 Å². The van der Waals surface area contributed by atoms with Crippen LogP contribution < -0.4 is 5.32 Å². The summed E-state index contributed by atoms with van der Waals surface area (Å²) in [5, 5.41) is 13.1. The molecule has 1 aromatic rings. The Morgan fingerprint density at radius 2 is 1.94 bits per heavy atom. The molecule has 0 heterocycles. The van der Waals surface area contributed by atoms with E-state index >= 15 is 0 Å². The lowest BCUT2D eigenvalue weighted by atomic mass is 9.98. The first kappa shape index (κ1) is 14.2. The van der Waals surface area contributed by atoms with E-state index in [2.05, 4.69) is 21.2 Å². The van der Waals surface area contributed by atoms with Gasteiger partial charge < -0.3 is 10.4 Å². The van der Waals surface area contributed by atoms with Gasteiger partial charge in [-0.3, -0.25) is 4.79 Å². The lowest BCUT2D eigenvalue weighted by Crippen LogP contribution is -2.50. The van der Waals surface area contributed by atoms with Crippen LogP contribution in [0.25, 0.3) is 0 Å². The summed E-state index contributed by atoms with van der Waals surface area (Å²) in [7, 11) is 0. The minimum atomic E-state index is -0.634. The number of aliphatic hydroxyl groups excluding tert-OH is 1. The summed E-state index contributed by atoms with van der Waals surface area (Å²) >= 11 is 3.35. The first-order valence-electron chi connectivity index (χ1n) is 5.52. The van der Waals surface area contributed by atoms with E-state index in [1.54, 1.807) is 32.9 Å². The molecule has 0 saturated heterocycles. The van der Waals surface area contributed by atoms with Crippen molar-refractivity contribution in [1.82, 2.24) is 5.32 Å². The number of halogens is 1. The quantitative estimate of drug-likeness (QED) is 0.839. The Bertz CT molecular complexity index is 385. The van der Waals surface area contributed by atoms with Gasteiger partial charge in [0.1, 0.15) is 0 Å². The third kappa shape index (κ3) is 3.82. The molecule has 0 bridgehead atoms. The molecule has 0 radical (unpaired) electrons. The number of carbonyl (C=O) groups is 1. The van der Waals surface area contributed by atoms with E-state index < -0.39 is 11.6 Å². The van der Waals surface area contributed by atoms with Gasteiger partial charge in [-0.15, -0.1) is 0 Å². The molecule has 17 heavy (non-hydrogen) atoms. The molecule has 0 fully saturated rings. The zero-order valence-electron chi connectivity index (χ0n) is 10.3. The van der Waals surface area contributed by atoms with Crippen LogP contribution in [0.2, 0.25) is 0 Å². The van der Waals surface area contributed by atoms with E-state index in [0.29, 0.717) is 5.56 Å². The average Bonchev–Trinajstić information content (AvgIpc) is 2.28. The maximum atomic E-state index is 11.9. The lowest BCUT2D eigenvalue weighted by Gasteiger charge is -2.29. The molecule has 2 N–H and O–H groups in total. The first-order valence-corrected chi connectivity index (χ1v) is 6.64. The predicted molar refractivity (Wildman–Crippen MR) is 72.3 cm³/mol. The van der Waals surface area contributed by atoms with Gasteiger partial charge in [-0.25, -0.2) is 0 Å². The minimum Gasteiger partial charge on any atom is -0.391 e. The van der Waals surface area contributed by atoms with Gasteiger partial charge in [0, 0.05) is 10.9 Å². The topological polar surface area (TPSA) is 49.3 Å². The third-order valence-corrected chi connectivity index (χ3v) is 3.50. The van der Waals surface area contributed by atoms with Crippen molar-refractivity contribution in [2.24, 2.45) is 0 Å². The van der Waals surface area contributed by atoms with Gasteiger partial charge in [0.15, 0.2) is 0 Å². The average molecular weight is 300 g/mol. The van der Waals surface area contributed by atoms with Crippen molar-refractivity contribution in [3.63, 3.8) is 0 Å². The zero-order chi connectivity index (χ0) is 13.1. The highest BCUT2D eigenvalue weighted by Crippen LogP contribution is 2.12. The predicted octanol–water partition coefficient (Wildman–Crippen LogP) is 2.47. The van der Waals surface area contributed by atoms with Gasteiger partial charge in [-0.2, -0.15) is 0 Å². The fraction of sp³-hybridized carbons (Fsp3) is 0.462. The molecule has 4 heteroatoms. The van der Waals surface area contributed by atoms with Gasteiger partial charge in [0.05, 0.1) is 11.6 Å². The standard InChI is InChI=1S/C13H18BrNO2/c1-9(16)13(2,3)15-12(17)11-6-4-10(8-14)5-7-11/h4-7,9,16H,8H2,1-3H3,(H,15,17). The number of hydrogen-bond acceptors (Lipinski definition) is 2.